The first-order valence-corrected chi connectivity index (χ1v) is 11.8. The Morgan fingerprint density at radius 1 is 1.19 bits per heavy atom. The molecular weight excluding hydrogens is 458 g/mol. The minimum absolute atomic E-state index is 0.0919. The Labute approximate surface area is 210 Å². The van der Waals surface area contributed by atoms with Crippen molar-refractivity contribution in [3.8, 4) is 0 Å². The van der Waals surface area contributed by atoms with Crippen LogP contribution in [0.15, 0.2) is 47.8 Å². The van der Waals surface area contributed by atoms with Gasteiger partial charge in [0.15, 0.2) is 0 Å². The van der Waals surface area contributed by atoms with Crippen molar-refractivity contribution in [1.82, 2.24) is 14.9 Å². The molecule has 0 saturated carbocycles. The number of carbonyl (C=O) groups excluding carboxylic acids is 1. The number of amides is 1. The van der Waals surface area contributed by atoms with Gasteiger partial charge in [-0.25, -0.2) is 10.8 Å². The number of ether oxygens (including phenoxy) is 1. The number of anilines is 3. The molecule has 2 aromatic rings. The molecule has 11 heteroatoms. The number of aromatic nitrogens is 1. The summed E-state index contributed by atoms with van der Waals surface area (Å²) in [5, 5.41) is 20.9. The third-order valence-corrected chi connectivity index (χ3v) is 6.49. The lowest BCUT2D eigenvalue weighted by Crippen LogP contribution is -2.51. The number of nitrogens with one attached hydrogen (secondary N) is 3. The van der Waals surface area contributed by atoms with E-state index < -0.39 is 0 Å². The molecule has 1 unspecified atom stereocenters. The van der Waals surface area contributed by atoms with Crippen LogP contribution in [0.2, 0.25) is 0 Å². The van der Waals surface area contributed by atoms with Crippen molar-refractivity contribution in [2.45, 2.75) is 33.0 Å². The van der Waals surface area contributed by atoms with Gasteiger partial charge in [-0.15, -0.1) is 0 Å². The van der Waals surface area contributed by atoms with Gasteiger partial charge >= 0.3 is 0 Å². The fraction of sp³-hybridized carbons (Fsp3) is 0.360. The molecule has 1 aromatic carbocycles. The predicted molar refractivity (Wildman–Crippen MR) is 141 cm³/mol. The van der Waals surface area contributed by atoms with Crippen LogP contribution in [0, 0.1) is 10.8 Å². The Hall–Kier alpha value is -3.96. The first-order chi connectivity index (χ1) is 17.0. The van der Waals surface area contributed by atoms with Crippen LogP contribution < -0.4 is 21.8 Å². The first-order valence-electron chi connectivity index (χ1n) is 11.8. The van der Waals surface area contributed by atoms with Crippen molar-refractivity contribution in [3.05, 3.63) is 58.9 Å². The van der Waals surface area contributed by atoms with E-state index >= 15 is 0 Å². The zero-order valence-electron chi connectivity index (χ0n) is 21.0. The number of hydrogen-bond donors (Lipinski definition) is 5. The summed E-state index contributed by atoms with van der Waals surface area (Å²) in [4.78, 5) is 21.3. The Bertz CT molecular complexity index is 1230. The summed E-state index contributed by atoms with van der Waals surface area (Å²) in [6, 6.07) is 8.73. The van der Waals surface area contributed by atoms with E-state index in [1.165, 1.54) is 5.01 Å². The summed E-state index contributed by atoms with van der Waals surface area (Å²) in [5.41, 5.74) is 9.68. The van der Waals surface area contributed by atoms with Crippen LogP contribution in [-0.2, 0) is 9.53 Å². The molecule has 7 N–H and O–H groups in total. The Balaban J connectivity index is 1.56. The lowest BCUT2D eigenvalue weighted by atomic mass is 10.0. The normalized spacial score (nSPS) is 20.6. The maximum atomic E-state index is 13.0. The van der Waals surface area contributed by atoms with Crippen LogP contribution in [0.1, 0.15) is 31.9 Å². The van der Waals surface area contributed by atoms with Gasteiger partial charge in [-0.05, 0) is 51.1 Å². The first kappa shape index (κ1) is 25.1. The van der Waals surface area contributed by atoms with Gasteiger partial charge in [0, 0.05) is 54.5 Å². The van der Waals surface area contributed by atoms with Gasteiger partial charge in [0.05, 0.1) is 30.0 Å². The van der Waals surface area contributed by atoms with Crippen LogP contribution in [-0.4, -0.2) is 71.4 Å². The fourth-order valence-electron chi connectivity index (χ4n) is 4.47. The van der Waals surface area contributed by atoms with E-state index in [0.29, 0.717) is 33.8 Å². The highest BCUT2D eigenvalue weighted by Crippen LogP contribution is 2.25. The number of allylic oxidation sites excluding steroid dienone is 1. The smallest absolute Gasteiger partial charge is 0.255 e. The number of hydrazine groups is 1. The second-order valence-corrected chi connectivity index (χ2v) is 9.27. The number of hydrogen-bond acceptors (Lipinski definition) is 8. The van der Waals surface area contributed by atoms with Gasteiger partial charge in [-0.3, -0.25) is 20.6 Å². The van der Waals surface area contributed by atoms with Gasteiger partial charge in [-0.1, -0.05) is 0 Å². The molecule has 36 heavy (non-hydrogen) atoms. The molecule has 1 saturated heterocycles. The largest absolute Gasteiger partial charge is 0.398 e. The summed E-state index contributed by atoms with van der Waals surface area (Å²) in [6.07, 6.45) is 1.88. The average molecular weight is 492 g/mol. The third-order valence-electron chi connectivity index (χ3n) is 6.49. The SMILES string of the molecule is CC1=C(C(=O)Nc2ccc(N)c(C(=N)c3ccnc(N4CC(C)O[C@@H](C)C4)c3)c2)CN(N)C(=N)N1C. The van der Waals surface area contributed by atoms with Crippen molar-refractivity contribution >= 4 is 34.8 Å². The van der Waals surface area contributed by atoms with Crippen LogP contribution in [0.25, 0.3) is 0 Å². The number of morpholine rings is 1. The molecule has 0 bridgehead atoms. The Kier molecular flexibility index (Phi) is 6.95. The number of nitrogen functional groups attached to an aromatic ring is 1. The van der Waals surface area contributed by atoms with Crippen LogP contribution in [0.5, 0.6) is 0 Å². The van der Waals surface area contributed by atoms with Crippen molar-refractivity contribution in [1.29, 1.82) is 10.8 Å². The second kappa shape index (κ2) is 9.96. The fourth-order valence-corrected chi connectivity index (χ4v) is 4.47. The van der Waals surface area contributed by atoms with Crippen LogP contribution in [0.4, 0.5) is 17.2 Å². The lowest BCUT2D eigenvalue weighted by Gasteiger charge is -2.36. The molecule has 1 amide bonds. The zero-order chi connectivity index (χ0) is 26.1. The number of pyridine rings is 1. The maximum Gasteiger partial charge on any atom is 0.255 e. The van der Waals surface area contributed by atoms with Crippen molar-refractivity contribution in [2.24, 2.45) is 5.84 Å². The Morgan fingerprint density at radius 3 is 2.58 bits per heavy atom. The monoisotopic (exact) mass is 491 g/mol. The van der Waals surface area contributed by atoms with Crippen LogP contribution in [0.3, 0.4) is 0 Å². The van der Waals surface area contributed by atoms with E-state index in [1.807, 2.05) is 19.9 Å². The standard InChI is InChI=1S/C25H33N9O2/c1-14-11-33(12-15(2)36-14)22-9-17(7-8-30-22)23(27)19-10-18(5-6-21(19)26)31-24(35)20-13-34(29)25(28)32(4)16(20)3/h5-10,14-15,27-28H,11-13,26,29H2,1-4H3,(H,31,35)/t14-,15?/m0/s1. The zero-order valence-corrected chi connectivity index (χ0v) is 21.0. The number of carbonyl (C=O) groups is 1. The minimum Gasteiger partial charge on any atom is -0.398 e. The lowest BCUT2D eigenvalue weighted by molar-refractivity contribution is -0.113. The molecule has 2 atom stereocenters. The van der Waals surface area contributed by atoms with Gasteiger partial charge in [-0.2, -0.15) is 0 Å². The van der Waals surface area contributed by atoms with E-state index in [0.717, 1.165) is 18.9 Å². The van der Waals surface area contributed by atoms with E-state index in [4.69, 9.17) is 27.1 Å². The molecule has 4 rings (SSSR count). The highest BCUT2D eigenvalue weighted by molar-refractivity contribution is 6.15. The highest BCUT2D eigenvalue weighted by Gasteiger charge is 2.27. The quantitative estimate of drug-likeness (QED) is 0.241. The van der Waals surface area contributed by atoms with Gasteiger partial charge in [0.25, 0.3) is 5.91 Å². The second-order valence-electron chi connectivity index (χ2n) is 9.27. The summed E-state index contributed by atoms with van der Waals surface area (Å²) in [7, 11) is 1.69. The summed E-state index contributed by atoms with van der Waals surface area (Å²) < 4.78 is 5.82. The molecule has 190 valence electrons. The maximum absolute atomic E-state index is 13.0. The average Bonchev–Trinajstić information content (AvgIpc) is 2.85. The molecule has 0 aliphatic carbocycles. The van der Waals surface area contributed by atoms with E-state index in [1.54, 1.807) is 49.3 Å². The summed E-state index contributed by atoms with van der Waals surface area (Å²) in [6.45, 7) is 7.42. The number of guanidine groups is 1. The number of rotatable bonds is 5. The highest BCUT2D eigenvalue weighted by atomic mass is 16.5. The minimum atomic E-state index is -0.327. The number of nitrogens with two attached hydrogens (primary N) is 2. The van der Waals surface area contributed by atoms with Gasteiger partial charge in [0.2, 0.25) is 5.96 Å². The van der Waals surface area contributed by atoms with Gasteiger partial charge < -0.3 is 25.6 Å². The predicted octanol–water partition coefficient (Wildman–Crippen LogP) is 1.96. The molecule has 1 aromatic heterocycles. The van der Waals surface area contributed by atoms with Crippen molar-refractivity contribution < 1.29 is 9.53 Å². The van der Waals surface area contributed by atoms with E-state index in [9.17, 15) is 4.79 Å². The molecule has 0 spiro atoms. The van der Waals surface area contributed by atoms with Gasteiger partial charge in [0.1, 0.15) is 5.82 Å². The van der Waals surface area contributed by atoms with Crippen LogP contribution >= 0.6 is 0 Å². The number of benzene rings is 1. The molecule has 1 fully saturated rings. The molecule has 2 aliphatic heterocycles. The molecule has 2 aliphatic rings. The topological polar surface area (TPSA) is 161 Å². The summed E-state index contributed by atoms with van der Waals surface area (Å²) >= 11 is 0. The Morgan fingerprint density at radius 2 is 1.89 bits per heavy atom. The molecule has 0 radical (unpaired) electrons. The molecular formula is C25H33N9O2. The van der Waals surface area contributed by atoms with E-state index in [2.05, 4.69) is 15.2 Å². The van der Waals surface area contributed by atoms with E-state index in [-0.39, 0.29) is 36.3 Å². The molecule has 3 heterocycles. The number of nitrogens with zero attached hydrogens (tertiary/aromatic N) is 4. The van der Waals surface area contributed by atoms with Crippen molar-refractivity contribution in [2.75, 3.05) is 42.6 Å². The third kappa shape index (κ3) is 5.02. The summed E-state index contributed by atoms with van der Waals surface area (Å²) in [5.74, 6) is 6.44. The molecule has 11 nitrogen and oxygen atoms in total. The van der Waals surface area contributed by atoms with Crippen molar-refractivity contribution in [3.63, 3.8) is 0 Å².